The summed E-state index contributed by atoms with van der Waals surface area (Å²) in [6.45, 7) is 5.49. The minimum absolute atomic E-state index is 0.0362. The number of carbonyl (C=O) groups excluding carboxylic acids is 1. The maximum atomic E-state index is 11.9. The Morgan fingerprint density at radius 1 is 1.30 bits per heavy atom. The molecule has 0 unspecified atom stereocenters. The molecule has 1 amide bonds. The van der Waals surface area contributed by atoms with Gasteiger partial charge in [0.15, 0.2) is 0 Å². The van der Waals surface area contributed by atoms with E-state index >= 15 is 0 Å². The molecule has 0 atom stereocenters. The molecule has 1 heterocycles. The van der Waals surface area contributed by atoms with Crippen molar-refractivity contribution in [1.82, 2.24) is 15.1 Å². The summed E-state index contributed by atoms with van der Waals surface area (Å²) in [5, 5.41) is 7.31. The number of carbonyl (C=O) groups is 1. The summed E-state index contributed by atoms with van der Waals surface area (Å²) in [5.41, 5.74) is 2.86. The number of aryl methyl sites for hydroxylation is 3. The highest BCUT2D eigenvalue weighted by Crippen LogP contribution is 2.10. The molecule has 0 aliphatic rings. The number of hydrogen-bond donors (Lipinski definition) is 1. The van der Waals surface area contributed by atoms with E-state index in [4.69, 9.17) is 0 Å². The van der Waals surface area contributed by atoms with Crippen molar-refractivity contribution >= 4 is 21.8 Å². The first-order chi connectivity index (χ1) is 9.56. The average molecular weight is 336 g/mol. The molecule has 0 aliphatic heterocycles. The van der Waals surface area contributed by atoms with Crippen molar-refractivity contribution in [3.05, 3.63) is 51.8 Å². The topological polar surface area (TPSA) is 46.9 Å². The van der Waals surface area contributed by atoms with Crippen LogP contribution in [0.2, 0.25) is 0 Å². The van der Waals surface area contributed by atoms with Gasteiger partial charge in [0.2, 0.25) is 0 Å². The minimum atomic E-state index is -0.0362. The Morgan fingerprint density at radius 3 is 2.60 bits per heavy atom. The van der Waals surface area contributed by atoms with Crippen LogP contribution in [-0.2, 0) is 6.54 Å². The van der Waals surface area contributed by atoms with E-state index in [9.17, 15) is 4.79 Å². The zero-order chi connectivity index (χ0) is 14.5. The third-order valence-electron chi connectivity index (χ3n) is 3.04. The number of nitrogens with one attached hydrogen (secondary N) is 1. The molecule has 0 fully saturated rings. The van der Waals surface area contributed by atoms with Gasteiger partial charge in [-0.05, 0) is 50.6 Å². The molecule has 4 nitrogen and oxygen atoms in total. The zero-order valence-electron chi connectivity index (χ0n) is 11.7. The standard InChI is InChI=1S/C15H18BrN3O/c1-11-10-12(2)19(18-11)9-3-8-17-15(20)13-4-6-14(16)7-5-13/h4-7,10H,3,8-9H2,1-2H3,(H,17,20). The predicted octanol–water partition coefficient (Wildman–Crippen LogP) is 3.08. The van der Waals surface area contributed by atoms with Gasteiger partial charge >= 0.3 is 0 Å². The van der Waals surface area contributed by atoms with E-state index in [1.807, 2.05) is 30.7 Å². The first-order valence-electron chi connectivity index (χ1n) is 6.61. The van der Waals surface area contributed by atoms with Crippen molar-refractivity contribution in [2.45, 2.75) is 26.8 Å². The van der Waals surface area contributed by atoms with Crippen molar-refractivity contribution in [2.24, 2.45) is 0 Å². The molecule has 1 N–H and O–H groups in total. The number of benzene rings is 1. The molecule has 0 saturated carbocycles. The number of amides is 1. The molecule has 1 aromatic carbocycles. The van der Waals surface area contributed by atoms with Gasteiger partial charge in [-0.2, -0.15) is 5.10 Å². The SMILES string of the molecule is Cc1cc(C)n(CCCNC(=O)c2ccc(Br)cc2)n1. The highest BCUT2D eigenvalue weighted by molar-refractivity contribution is 9.10. The van der Waals surface area contributed by atoms with Gasteiger partial charge in [0, 0.05) is 28.8 Å². The Kier molecular flexibility index (Phi) is 4.95. The summed E-state index contributed by atoms with van der Waals surface area (Å²) in [4.78, 5) is 11.9. The van der Waals surface area contributed by atoms with E-state index < -0.39 is 0 Å². The second-order valence-electron chi connectivity index (χ2n) is 4.77. The van der Waals surface area contributed by atoms with Gasteiger partial charge in [-0.15, -0.1) is 0 Å². The zero-order valence-corrected chi connectivity index (χ0v) is 13.3. The molecule has 2 rings (SSSR count). The number of rotatable bonds is 5. The lowest BCUT2D eigenvalue weighted by Crippen LogP contribution is -2.25. The Labute approximate surface area is 127 Å². The fourth-order valence-electron chi connectivity index (χ4n) is 2.04. The van der Waals surface area contributed by atoms with E-state index in [2.05, 4.69) is 32.4 Å². The maximum absolute atomic E-state index is 11.9. The first-order valence-corrected chi connectivity index (χ1v) is 7.40. The number of hydrogen-bond acceptors (Lipinski definition) is 2. The molecule has 0 radical (unpaired) electrons. The fourth-order valence-corrected chi connectivity index (χ4v) is 2.30. The molecule has 5 heteroatoms. The van der Waals surface area contributed by atoms with E-state index in [1.165, 1.54) is 0 Å². The maximum Gasteiger partial charge on any atom is 0.251 e. The fraction of sp³-hybridized carbons (Fsp3) is 0.333. The Balaban J connectivity index is 1.77. The van der Waals surface area contributed by atoms with Crippen LogP contribution in [0.1, 0.15) is 28.2 Å². The summed E-state index contributed by atoms with van der Waals surface area (Å²) in [5.74, 6) is -0.0362. The quantitative estimate of drug-likeness (QED) is 0.853. The van der Waals surface area contributed by atoms with Crippen LogP contribution in [-0.4, -0.2) is 22.2 Å². The van der Waals surface area contributed by atoms with Gasteiger partial charge in [0.1, 0.15) is 0 Å². The van der Waals surface area contributed by atoms with Crippen molar-refractivity contribution in [2.75, 3.05) is 6.54 Å². The minimum Gasteiger partial charge on any atom is -0.352 e. The van der Waals surface area contributed by atoms with Gasteiger partial charge in [-0.25, -0.2) is 0 Å². The Morgan fingerprint density at radius 2 is 2.00 bits per heavy atom. The third-order valence-corrected chi connectivity index (χ3v) is 3.57. The smallest absolute Gasteiger partial charge is 0.251 e. The third kappa shape index (κ3) is 3.93. The number of aromatic nitrogens is 2. The summed E-state index contributed by atoms with van der Waals surface area (Å²) in [6, 6.07) is 9.40. The molecule has 2 aromatic rings. The van der Waals surface area contributed by atoms with Crippen LogP contribution in [0.25, 0.3) is 0 Å². The number of halogens is 1. The van der Waals surface area contributed by atoms with E-state index in [0.29, 0.717) is 12.1 Å². The van der Waals surface area contributed by atoms with E-state index in [-0.39, 0.29) is 5.91 Å². The average Bonchev–Trinajstić information content (AvgIpc) is 2.73. The lowest BCUT2D eigenvalue weighted by Gasteiger charge is -2.07. The molecule has 0 spiro atoms. The summed E-state index contributed by atoms with van der Waals surface area (Å²) < 4.78 is 2.94. The molecule has 0 saturated heterocycles. The van der Waals surface area contributed by atoms with Gasteiger partial charge in [0.05, 0.1) is 5.69 Å². The number of nitrogens with zero attached hydrogens (tertiary/aromatic N) is 2. The molecular formula is C15H18BrN3O. The Bertz CT molecular complexity index is 590. The molecular weight excluding hydrogens is 318 g/mol. The molecule has 20 heavy (non-hydrogen) atoms. The lowest BCUT2D eigenvalue weighted by atomic mass is 10.2. The second-order valence-corrected chi connectivity index (χ2v) is 5.68. The van der Waals surface area contributed by atoms with Gasteiger partial charge in [-0.3, -0.25) is 9.48 Å². The monoisotopic (exact) mass is 335 g/mol. The van der Waals surface area contributed by atoms with Crippen LogP contribution >= 0.6 is 15.9 Å². The molecule has 0 bridgehead atoms. The summed E-state index contributed by atoms with van der Waals surface area (Å²) >= 11 is 3.35. The van der Waals surface area contributed by atoms with Crippen LogP contribution < -0.4 is 5.32 Å². The molecule has 1 aromatic heterocycles. The van der Waals surface area contributed by atoms with Gasteiger partial charge in [-0.1, -0.05) is 15.9 Å². The second kappa shape index (κ2) is 6.70. The van der Waals surface area contributed by atoms with E-state index in [0.717, 1.165) is 28.8 Å². The Hall–Kier alpha value is -1.62. The largest absolute Gasteiger partial charge is 0.352 e. The normalized spacial score (nSPS) is 10.6. The van der Waals surface area contributed by atoms with Crippen LogP contribution in [0, 0.1) is 13.8 Å². The summed E-state index contributed by atoms with van der Waals surface area (Å²) in [6.07, 6.45) is 0.865. The van der Waals surface area contributed by atoms with Crippen molar-refractivity contribution in [3.8, 4) is 0 Å². The van der Waals surface area contributed by atoms with Crippen molar-refractivity contribution in [3.63, 3.8) is 0 Å². The molecule has 0 aliphatic carbocycles. The van der Waals surface area contributed by atoms with E-state index in [1.54, 1.807) is 12.1 Å². The van der Waals surface area contributed by atoms with Crippen LogP contribution in [0.4, 0.5) is 0 Å². The first kappa shape index (κ1) is 14.8. The van der Waals surface area contributed by atoms with Crippen molar-refractivity contribution < 1.29 is 4.79 Å². The molecule has 106 valence electrons. The van der Waals surface area contributed by atoms with Gasteiger partial charge < -0.3 is 5.32 Å². The van der Waals surface area contributed by atoms with Crippen LogP contribution in [0.3, 0.4) is 0 Å². The summed E-state index contributed by atoms with van der Waals surface area (Å²) in [7, 11) is 0. The van der Waals surface area contributed by atoms with Crippen molar-refractivity contribution in [1.29, 1.82) is 0 Å². The van der Waals surface area contributed by atoms with Crippen LogP contribution in [0.5, 0.6) is 0 Å². The highest BCUT2D eigenvalue weighted by atomic mass is 79.9. The predicted molar refractivity (Wildman–Crippen MR) is 82.8 cm³/mol. The highest BCUT2D eigenvalue weighted by Gasteiger charge is 2.05. The van der Waals surface area contributed by atoms with Gasteiger partial charge in [0.25, 0.3) is 5.91 Å². The lowest BCUT2D eigenvalue weighted by molar-refractivity contribution is 0.0952. The van der Waals surface area contributed by atoms with Crippen LogP contribution in [0.15, 0.2) is 34.8 Å².